The van der Waals surface area contributed by atoms with Crippen molar-refractivity contribution < 1.29 is 27.1 Å². The van der Waals surface area contributed by atoms with Crippen molar-refractivity contribution >= 4 is 33.1 Å². The number of ether oxygens (including phenoxy) is 1. The van der Waals surface area contributed by atoms with Crippen LogP contribution in [0.2, 0.25) is 0 Å². The smallest absolute Gasteiger partial charge is 0.276 e. The van der Waals surface area contributed by atoms with Crippen LogP contribution in [0.5, 0.6) is 5.75 Å². The molecule has 4 aromatic heterocycles. The Hall–Kier alpha value is -5.30. The van der Waals surface area contributed by atoms with Gasteiger partial charge in [-0.1, -0.05) is 24.3 Å². The maximum atomic E-state index is 15.6. The summed E-state index contributed by atoms with van der Waals surface area (Å²) in [7, 11) is 1.48. The van der Waals surface area contributed by atoms with Gasteiger partial charge in [0.2, 0.25) is 11.8 Å². The second kappa shape index (κ2) is 11.9. The number of hydrogen-bond acceptors (Lipinski definition) is 9. The van der Waals surface area contributed by atoms with Crippen molar-refractivity contribution in [2.24, 2.45) is 0 Å². The van der Waals surface area contributed by atoms with Crippen LogP contribution in [0.15, 0.2) is 65.2 Å². The molecule has 1 saturated heterocycles. The van der Waals surface area contributed by atoms with E-state index in [0.29, 0.717) is 80.7 Å². The number of carbonyl (C=O) groups is 1. The van der Waals surface area contributed by atoms with Crippen molar-refractivity contribution in [1.82, 2.24) is 25.1 Å². The summed E-state index contributed by atoms with van der Waals surface area (Å²) in [4.78, 5) is 26.5. The summed E-state index contributed by atoms with van der Waals surface area (Å²) in [6, 6.07) is 13.8. The van der Waals surface area contributed by atoms with Gasteiger partial charge in [-0.15, -0.1) is 21.5 Å². The molecule has 0 bridgehead atoms. The van der Waals surface area contributed by atoms with Gasteiger partial charge >= 0.3 is 0 Å². The Bertz CT molecular complexity index is 2360. The van der Waals surface area contributed by atoms with Gasteiger partial charge in [-0.2, -0.15) is 0 Å². The van der Waals surface area contributed by atoms with Gasteiger partial charge in [-0.3, -0.25) is 9.78 Å². The molecule has 3 aliphatic rings. The minimum Gasteiger partial charge on any atom is -0.496 e. The van der Waals surface area contributed by atoms with Crippen LogP contribution < -0.4 is 10.1 Å². The van der Waals surface area contributed by atoms with E-state index in [1.165, 1.54) is 30.6 Å². The largest absolute Gasteiger partial charge is 0.496 e. The fourth-order valence-corrected chi connectivity index (χ4v) is 8.99. The van der Waals surface area contributed by atoms with Gasteiger partial charge < -0.3 is 19.4 Å². The number of anilines is 1. The van der Waals surface area contributed by atoms with E-state index >= 15 is 8.78 Å². The standard InChI is InChI=1S/C38H31F3N6O3S/c1-19-45-46-36(50-19)29-25(13-10-20-8-11-22(39)12-9-20)43-32-26-6-4-16-47(26)37(48)31(32)30(29)28-17-21-14-15-42-35(33(21)51-28)44-34-23-5-3-7-27(49-2)24(23)18-38(34,40)41/h3,5,7-9,11-12,14-15,17,26,34H,4,6,10,13,16,18H2,1-2H3,(H,42,44)/t26-,34-/m1/s1. The molecule has 0 saturated carbocycles. The SMILES string of the molecule is COc1cccc2c1CC(F)(F)[C@@H]2Nc1nccc2cc(-c3c4c(nc(CCc5ccc(F)cc5)c3-c3nnc(C)o3)[C@H]3CCCN3C4=O)sc12. The molecule has 258 valence electrons. The molecule has 0 spiro atoms. The summed E-state index contributed by atoms with van der Waals surface area (Å²) in [5.74, 6) is -2.18. The molecule has 2 atom stereocenters. The third-order valence-corrected chi connectivity index (χ3v) is 11.3. The predicted molar refractivity (Wildman–Crippen MR) is 186 cm³/mol. The van der Waals surface area contributed by atoms with Crippen molar-refractivity contribution in [3.63, 3.8) is 0 Å². The zero-order valence-electron chi connectivity index (χ0n) is 27.7. The fourth-order valence-electron chi connectivity index (χ4n) is 7.83. The number of carbonyl (C=O) groups excluding carboxylic acids is 1. The average Bonchev–Trinajstić information content (AvgIpc) is 3.95. The summed E-state index contributed by atoms with van der Waals surface area (Å²) in [6.07, 6.45) is 3.84. The van der Waals surface area contributed by atoms with Gasteiger partial charge in [0.05, 0.1) is 40.4 Å². The number of alkyl halides is 2. The fraction of sp³-hybridized carbons (Fsp3) is 0.289. The van der Waals surface area contributed by atoms with Gasteiger partial charge in [0.15, 0.2) is 0 Å². The van der Waals surface area contributed by atoms with Crippen LogP contribution in [-0.2, 0) is 19.3 Å². The zero-order chi connectivity index (χ0) is 35.0. The lowest BCUT2D eigenvalue weighted by atomic mass is 9.93. The molecule has 6 heterocycles. The first kappa shape index (κ1) is 31.7. The molecule has 0 radical (unpaired) electrons. The number of nitrogens with zero attached hydrogens (tertiary/aromatic N) is 5. The van der Waals surface area contributed by atoms with Crippen molar-refractivity contribution in [2.45, 2.75) is 57.0 Å². The first-order valence-corrected chi connectivity index (χ1v) is 17.6. The lowest BCUT2D eigenvalue weighted by molar-refractivity contribution is -0.00734. The Morgan fingerprint density at radius 1 is 1.08 bits per heavy atom. The number of pyridine rings is 2. The molecule has 1 N–H and O–H groups in total. The van der Waals surface area contributed by atoms with E-state index in [-0.39, 0.29) is 23.7 Å². The first-order chi connectivity index (χ1) is 24.7. The predicted octanol–water partition coefficient (Wildman–Crippen LogP) is 8.28. The van der Waals surface area contributed by atoms with Crippen LogP contribution >= 0.6 is 11.3 Å². The number of methoxy groups -OCH3 is 1. The number of nitrogens with one attached hydrogen (secondary N) is 1. The van der Waals surface area contributed by atoms with Gasteiger partial charge in [0.25, 0.3) is 11.8 Å². The summed E-state index contributed by atoms with van der Waals surface area (Å²) in [6.45, 7) is 2.33. The van der Waals surface area contributed by atoms with Crippen LogP contribution in [0, 0.1) is 12.7 Å². The quantitative estimate of drug-likeness (QED) is 0.168. The van der Waals surface area contributed by atoms with Crippen molar-refractivity contribution in [3.8, 4) is 27.6 Å². The minimum atomic E-state index is -3.09. The van der Waals surface area contributed by atoms with E-state index in [4.69, 9.17) is 14.1 Å². The second-order valence-corrected chi connectivity index (χ2v) is 14.3. The van der Waals surface area contributed by atoms with E-state index in [2.05, 4.69) is 20.5 Å². The van der Waals surface area contributed by atoms with E-state index in [1.54, 1.807) is 43.5 Å². The molecule has 1 amide bonds. The van der Waals surface area contributed by atoms with E-state index in [0.717, 1.165) is 28.7 Å². The highest BCUT2D eigenvalue weighted by Gasteiger charge is 2.49. The number of rotatable bonds is 8. The molecular weight excluding hydrogens is 678 g/mol. The molecular formula is C38H31F3N6O3S. The number of amides is 1. The van der Waals surface area contributed by atoms with Crippen LogP contribution in [0.4, 0.5) is 19.0 Å². The van der Waals surface area contributed by atoms with E-state index in [9.17, 15) is 9.18 Å². The second-order valence-electron chi connectivity index (χ2n) is 13.2. The number of fused-ring (bicyclic) bond motifs is 5. The summed E-state index contributed by atoms with van der Waals surface area (Å²) < 4.78 is 57.1. The zero-order valence-corrected chi connectivity index (χ0v) is 28.5. The van der Waals surface area contributed by atoms with Gasteiger partial charge in [0.1, 0.15) is 23.4 Å². The first-order valence-electron chi connectivity index (χ1n) is 16.8. The van der Waals surface area contributed by atoms with Crippen molar-refractivity contribution in [1.29, 1.82) is 0 Å². The number of halogens is 3. The summed E-state index contributed by atoms with van der Waals surface area (Å²) in [5.41, 5.74) is 4.95. The van der Waals surface area contributed by atoms with Crippen LogP contribution in [0.1, 0.15) is 69.3 Å². The molecule has 9 rings (SSSR count). The number of hydrogen-bond donors (Lipinski definition) is 1. The highest BCUT2D eigenvalue weighted by atomic mass is 32.1. The third kappa shape index (κ3) is 5.16. The Kier molecular flexibility index (Phi) is 7.39. The number of aromatic nitrogens is 4. The summed E-state index contributed by atoms with van der Waals surface area (Å²) >= 11 is 1.36. The molecule has 13 heteroatoms. The Balaban J connectivity index is 1.21. The molecule has 0 unspecified atom stereocenters. The van der Waals surface area contributed by atoms with Gasteiger partial charge in [-0.05, 0) is 72.5 Å². The molecule has 2 aliphatic heterocycles. The Morgan fingerprint density at radius 3 is 2.71 bits per heavy atom. The van der Waals surface area contributed by atoms with Crippen LogP contribution in [0.25, 0.3) is 32.0 Å². The van der Waals surface area contributed by atoms with Crippen molar-refractivity contribution in [2.75, 3.05) is 19.0 Å². The minimum absolute atomic E-state index is 0.109. The highest BCUT2D eigenvalue weighted by molar-refractivity contribution is 7.23. The topological polar surface area (TPSA) is 106 Å². The average molecular weight is 709 g/mol. The lowest BCUT2D eigenvalue weighted by Gasteiger charge is -2.22. The number of aryl methyl sites for hydroxylation is 3. The maximum absolute atomic E-state index is 15.6. The van der Waals surface area contributed by atoms with E-state index in [1.807, 2.05) is 17.0 Å². The van der Waals surface area contributed by atoms with Crippen molar-refractivity contribution in [3.05, 3.63) is 106 Å². The molecule has 2 aromatic carbocycles. The molecule has 9 nitrogen and oxygen atoms in total. The Morgan fingerprint density at radius 2 is 1.92 bits per heavy atom. The summed E-state index contributed by atoms with van der Waals surface area (Å²) in [5, 5.41) is 12.4. The maximum Gasteiger partial charge on any atom is 0.276 e. The van der Waals surface area contributed by atoms with E-state index < -0.39 is 18.4 Å². The molecule has 51 heavy (non-hydrogen) atoms. The molecule has 6 aromatic rings. The number of thiophene rings is 1. The lowest BCUT2D eigenvalue weighted by Crippen LogP contribution is -2.28. The monoisotopic (exact) mass is 708 g/mol. The van der Waals surface area contributed by atoms with Gasteiger partial charge in [-0.25, -0.2) is 18.2 Å². The van der Waals surface area contributed by atoms with Gasteiger partial charge in [0, 0.05) is 42.1 Å². The number of benzene rings is 2. The Labute approximate surface area is 294 Å². The molecule has 1 fully saturated rings. The van der Waals surface area contributed by atoms with Crippen LogP contribution in [-0.4, -0.2) is 50.5 Å². The normalized spacial score (nSPS) is 18.7. The molecule has 1 aliphatic carbocycles. The highest BCUT2D eigenvalue weighted by Crippen LogP contribution is 2.52. The van der Waals surface area contributed by atoms with Crippen LogP contribution in [0.3, 0.4) is 0 Å². The third-order valence-electron chi connectivity index (χ3n) is 10.1.